The van der Waals surface area contributed by atoms with Gasteiger partial charge in [0, 0.05) is 0 Å². The van der Waals surface area contributed by atoms with Gasteiger partial charge < -0.3 is 0 Å². The molecular formula is C11H16OSe2. The summed E-state index contributed by atoms with van der Waals surface area (Å²) >= 11 is 1.44. The molecule has 0 atom stereocenters. The summed E-state index contributed by atoms with van der Waals surface area (Å²) in [5.41, 5.74) is 1.38. The van der Waals surface area contributed by atoms with Gasteiger partial charge in [-0.05, 0) is 0 Å². The predicted molar refractivity (Wildman–Crippen MR) is 63.4 cm³/mol. The number of hydrogen-bond donors (Lipinski definition) is 0. The van der Waals surface area contributed by atoms with Gasteiger partial charge in [0.05, 0.1) is 0 Å². The molecule has 78 valence electrons. The normalized spacial score (nSPS) is 10.9. The van der Waals surface area contributed by atoms with Crippen LogP contribution in [-0.2, 0) is 11.3 Å². The van der Waals surface area contributed by atoms with Gasteiger partial charge in [-0.1, -0.05) is 0 Å². The minimum atomic E-state index is 0.322. The summed E-state index contributed by atoms with van der Waals surface area (Å²) in [6, 6.07) is 8.65. The fourth-order valence-electron chi connectivity index (χ4n) is 1.05. The Balaban J connectivity index is 2.64. The van der Waals surface area contributed by atoms with Gasteiger partial charge in [0.2, 0.25) is 0 Å². The monoisotopic (exact) mass is 324 g/mol. The van der Waals surface area contributed by atoms with E-state index in [1.165, 1.54) is 10.0 Å². The second-order valence-corrected chi connectivity index (χ2v) is 10.6. The van der Waals surface area contributed by atoms with Crippen LogP contribution in [0.1, 0.15) is 19.4 Å². The van der Waals surface area contributed by atoms with Gasteiger partial charge in [-0.25, -0.2) is 0 Å². The topological polar surface area (TPSA) is 9.23 Å². The molecule has 0 N–H and O–H groups in total. The Hall–Kier alpha value is 0.219. The van der Waals surface area contributed by atoms with E-state index in [1.807, 2.05) is 0 Å². The van der Waals surface area contributed by atoms with Crippen LogP contribution in [0.5, 0.6) is 0 Å². The summed E-state index contributed by atoms with van der Waals surface area (Å²) in [7, 11) is 0. The zero-order valence-electron chi connectivity index (χ0n) is 8.82. The van der Waals surface area contributed by atoms with Gasteiger partial charge in [-0.2, -0.15) is 0 Å². The van der Waals surface area contributed by atoms with E-state index < -0.39 is 0 Å². The third-order valence-corrected chi connectivity index (χ3v) is 7.05. The number of benzene rings is 1. The van der Waals surface area contributed by atoms with Crippen LogP contribution < -0.4 is 4.46 Å². The Morgan fingerprint density at radius 2 is 2.00 bits per heavy atom. The van der Waals surface area contributed by atoms with Crippen molar-refractivity contribution in [2.45, 2.75) is 32.4 Å². The first kappa shape index (κ1) is 12.3. The maximum atomic E-state index is 5.63. The fraction of sp³-hybridized carbons (Fsp3) is 0.455. The minimum absolute atomic E-state index is 0.322. The number of rotatable bonds is 5. The van der Waals surface area contributed by atoms with Gasteiger partial charge in [0.25, 0.3) is 0 Å². The molecule has 1 aromatic rings. The van der Waals surface area contributed by atoms with Crippen LogP contribution in [0.25, 0.3) is 0 Å². The molecule has 0 aromatic heterocycles. The molecule has 1 rings (SSSR count). The van der Waals surface area contributed by atoms with E-state index in [0.717, 1.165) is 19.7 Å². The second-order valence-electron chi connectivity index (χ2n) is 3.22. The van der Waals surface area contributed by atoms with E-state index in [4.69, 9.17) is 4.74 Å². The maximum absolute atomic E-state index is 5.63. The van der Waals surface area contributed by atoms with Crippen molar-refractivity contribution in [2.75, 3.05) is 0 Å². The average Bonchev–Trinajstić information content (AvgIpc) is 2.17. The van der Waals surface area contributed by atoms with Crippen LogP contribution in [0.2, 0.25) is 5.82 Å². The van der Waals surface area contributed by atoms with Crippen molar-refractivity contribution in [2.24, 2.45) is 0 Å². The fourth-order valence-corrected chi connectivity index (χ4v) is 5.93. The molecule has 0 amide bonds. The molecule has 0 fully saturated rings. The Bertz CT molecular complexity index is 274. The predicted octanol–water partition coefficient (Wildman–Crippen LogP) is 1.61. The molecule has 1 aromatic carbocycles. The SMILES string of the molecule is C[Se][Se]c1ccccc1COC(C)C. The quantitative estimate of drug-likeness (QED) is 0.749. The van der Waals surface area contributed by atoms with Crippen molar-refractivity contribution in [1.29, 1.82) is 0 Å². The molecule has 0 spiro atoms. The third-order valence-electron chi connectivity index (χ3n) is 1.72. The van der Waals surface area contributed by atoms with Crippen LogP contribution >= 0.6 is 0 Å². The molecule has 0 aliphatic carbocycles. The van der Waals surface area contributed by atoms with Crippen molar-refractivity contribution >= 4 is 30.7 Å². The van der Waals surface area contributed by atoms with Crippen LogP contribution in [0, 0.1) is 0 Å². The molecule has 1 nitrogen and oxygen atoms in total. The molecule has 0 saturated carbocycles. The zero-order chi connectivity index (χ0) is 10.4. The second kappa shape index (κ2) is 6.66. The molecule has 0 unspecified atom stereocenters. The van der Waals surface area contributed by atoms with Crippen LogP contribution in [0.3, 0.4) is 0 Å². The van der Waals surface area contributed by atoms with Gasteiger partial charge in [0.15, 0.2) is 0 Å². The molecule has 0 saturated heterocycles. The zero-order valence-corrected chi connectivity index (χ0v) is 12.2. The van der Waals surface area contributed by atoms with E-state index in [-0.39, 0.29) is 0 Å². The summed E-state index contributed by atoms with van der Waals surface area (Å²) in [5.74, 6) is 2.30. The Kier molecular flexibility index (Phi) is 5.84. The Labute approximate surface area is 97.5 Å². The molecule has 3 heteroatoms. The van der Waals surface area contributed by atoms with E-state index in [2.05, 4.69) is 43.9 Å². The summed E-state index contributed by atoms with van der Waals surface area (Å²) < 4.78 is 7.15. The van der Waals surface area contributed by atoms with Crippen LogP contribution in [0.4, 0.5) is 0 Å². The molecule has 0 radical (unpaired) electrons. The standard InChI is InChI=1S/C11H16OSe2/c1-9(2)12-8-10-6-4-5-7-11(10)14-13-3/h4-7,9H,8H2,1-3H3. The van der Waals surface area contributed by atoms with Crippen molar-refractivity contribution in [1.82, 2.24) is 0 Å². The number of ether oxygens (including phenoxy) is 1. The van der Waals surface area contributed by atoms with Crippen molar-refractivity contribution in [3.05, 3.63) is 29.8 Å². The van der Waals surface area contributed by atoms with E-state index >= 15 is 0 Å². The molecule has 0 bridgehead atoms. The van der Waals surface area contributed by atoms with Crippen LogP contribution in [-0.4, -0.2) is 32.4 Å². The molecular weight excluding hydrogens is 306 g/mol. The van der Waals surface area contributed by atoms with Crippen molar-refractivity contribution < 1.29 is 4.74 Å². The van der Waals surface area contributed by atoms with Crippen molar-refractivity contribution in [3.8, 4) is 0 Å². The van der Waals surface area contributed by atoms with Gasteiger partial charge in [0.1, 0.15) is 0 Å². The van der Waals surface area contributed by atoms with Crippen molar-refractivity contribution in [3.63, 3.8) is 0 Å². The molecule has 14 heavy (non-hydrogen) atoms. The summed E-state index contributed by atoms with van der Waals surface area (Å²) in [6.07, 6.45) is 0.322. The summed E-state index contributed by atoms with van der Waals surface area (Å²) in [4.78, 5) is 0. The van der Waals surface area contributed by atoms with Gasteiger partial charge in [-0.3, -0.25) is 0 Å². The first-order valence-corrected chi connectivity index (χ1v) is 11.5. The van der Waals surface area contributed by atoms with E-state index in [1.54, 1.807) is 0 Å². The van der Waals surface area contributed by atoms with Gasteiger partial charge in [-0.15, -0.1) is 0 Å². The summed E-state index contributed by atoms with van der Waals surface area (Å²) in [6.45, 7) is 4.93. The number of hydrogen-bond acceptors (Lipinski definition) is 1. The van der Waals surface area contributed by atoms with Gasteiger partial charge >= 0.3 is 97.7 Å². The van der Waals surface area contributed by atoms with E-state index in [0.29, 0.717) is 19.2 Å². The molecule has 0 aliphatic rings. The average molecular weight is 322 g/mol. The van der Waals surface area contributed by atoms with E-state index in [9.17, 15) is 0 Å². The van der Waals surface area contributed by atoms with Crippen LogP contribution in [0.15, 0.2) is 24.3 Å². The summed E-state index contributed by atoms with van der Waals surface area (Å²) in [5, 5.41) is 0. The Morgan fingerprint density at radius 1 is 1.29 bits per heavy atom. The first-order valence-electron chi connectivity index (χ1n) is 4.64. The molecule has 0 heterocycles. The Morgan fingerprint density at radius 3 is 2.64 bits per heavy atom. The first-order chi connectivity index (χ1) is 6.74. The third kappa shape index (κ3) is 4.16. The molecule has 0 aliphatic heterocycles.